The molecule has 2 aromatic carbocycles. The van der Waals surface area contributed by atoms with Crippen molar-refractivity contribution in [3.8, 4) is 34.5 Å². The molecule has 0 unspecified atom stereocenters. The molecule has 0 N–H and O–H groups in total. The highest BCUT2D eigenvalue weighted by molar-refractivity contribution is 5.58. The van der Waals surface area contributed by atoms with Gasteiger partial charge in [0.15, 0.2) is 23.0 Å². The van der Waals surface area contributed by atoms with Gasteiger partial charge >= 0.3 is 0 Å². The summed E-state index contributed by atoms with van der Waals surface area (Å²) in [5, 5.41) is 0. The molecule has 0 aromatic heterocycles. The Morgan fingerprint density at radius 2 is 1.85 bits per heavy atom. The van der Waals surface area contributed by atoms with E-state index in [4.69, 9.17) is 28.4 Å². The van der Waals surface area contributed by atoms with Gasteiger partial charge in [-0.3, -0.25) is 0 Å². The molecule has 0 saturated heterocycles. The molecule has 4 rings (SSSR count). The number of methoxy groups -OCH3 is 2. The van der Waals surface area contributed by atoms with Gasteiger partial charge in [0.25, 0.3) is 0 Å². The van der Waals surface area contributed by atoms with Crippen LogP contribution in [0.1, 0.15) is 30.1 Å². The van der Waals surface area contributed by atoms with Crippen molar-refractivity contribution in [2.24, 2.45) is 0 Å². The Bertz CT molecular complexity index is 875. The molecule has 142 valence electrons. The van der Waals surface area contributed by atoms with Gasteiger partial charge in [0.2, 0.25) is 12.5 Å². The highest BCUT2D eigenvalue weighted by Gasteiger charge is 2.35. The van der Waals surface area contributed by atoms with Crippen molar-refractivity contribution in [1.82, 2.24) is 0 Å². The second kappa shape index (κ2) is 6.95. The lowest BCUT2D eigenvalue weighted by Gasteiger charge is -2.17. The van der Waals surface area contributed by atoms with Gasteiger partial charge in [-0.2, -0.15) is 0 Å². The van der Waals surface area contributed by atoms with E-state index >= 15 is 0 Å². The Kier molecular flexibility index (Phi) is 4.48. The molecule has 2 aliphatic rings. The second-order valence-electron chi connectivity index (χ2n) is 6.42. The van der Waals surface area contributed by atoms with Crippen LogP contribution >= 0.6 is 0 Å². The van der Waals surface area contributed by atoms with Gasteiger partial charge < -0.3 is 28.4 Å². The summed E-state index contributed by atoms with van der Waals surface area (Å²) in [6.07, 6.45) is 1.51. The molecule has 6 heteroatoms. The van der Waals surface area contributed by atoms with Gasteiger partial charge in [-0.15, -0.1) is 0 Å². The first-order chi connectivity index (χ1) is 13.2. The van der Waals surface area contributed by atoms with E-state index in [0.717, 1.165) is 16.9 Å². The minimum absolute atomic E-state index is 0.118. The SMILES string of the molecule is C=CCOc1cc2c(cc1OC)[C@H](C)[C@H](c1cc(OC)c3c(c1)OCO3)O2. The van der Waals surface area contributed by atoms with Gasteiger partial charge in [-0.1, -0.05) is 19.6 Å². The summed E-state index contributed by atoms with van der Waals surface area (Å²) in [4.78, 5) is 0. The van der Waals surface area contributed by atoms with Crippen LogP contribution in [0.2, 0.25) is 0 Å². The minimum atomic E-state index is -0.178. The van der Waals surface area contributed by atoms with Gasteiger partial charge in [-0.05, 0) is 18.2 Å². The van der Waals surface area contributed by atoms with Crippen LogP contribution in [0.25, 0.3) is 0 Å². The van der Waals surface area contributed by atoms with Gasteiger partial charge in [0.05, 0.1) is 14.2 Å². The maximum atomic E-state index is 6.27. The molecule has 0 saturated carbocycles. The largest absolute Gasteiger partial charge is 0.493 e. The predicted octanol–water partition coefficient (Wildman–Crippen LogP) is 4.23. The zero-order chi connectivity index (χ0) is 19.0. The van der Waals surface area contributed by atoms with E-state index in [1.807, 2.05) is 24.3 Å². The lowest BCUT2D eigenvalue weighted by atomic mass is 9.92. The van der Waals surface area contributed by atoms with Crippen molar-refractivity contribution < 1.29 is 28.4 Å². The average molecular weight is 370 g/mol. The van der Waals surface area contributed by atoms with Crippen LogP contribution < -0.4 is 28.4 Å². The Morgan fingerprint density at radius 1 is 1.04 bits per heavy atom. The second-order valence-corrected chi connectivity index (χ2v) is 6.42. The van der Waals surface area contributed by atoms with E-state index in [0.29, 0.717) is 35.4 Å². The Labute approximate surface area is 158 Å². The van der Waals surface area contributed by atoms with Gasteiger partial charge in [0.1, 0.15) is 18.5 Å². The maximum absolute atomic E-state index is 6.27. The van der Waals surface area contributed by atoms with Crippen LogP contribution in [-0.4, -0.2) is 27.6 Å². The molecule has 0 spiro atoms. The summed E-state index contributed by atoms with van der Waals surface area (Å²) in [6.45, 7) is 6.39. The minimum Gasteiger partial charge on any atom is -0.493 e. The number of fused-ring (bicyclic) bond motifs is 2. The summed E-state index contributed by atoms with van der Waals surface area (Å²) in [5.74, 6) is 4.15. The summed E-state index contributed by atoms with van der Waals surface area (Å²) in [5.41, 5.74) is 2.03. The number of benzene rings is 2. The third-order valence-corrected chi connectivity index (χ3v) is 4.86. The van der Waals surface area contributed by atoms with Crippen molar-refractivity contribution in [2.45, 2.75) is 18.9 Å². The normalized spacial score (nSPS) is 19.2. The van der Waals surface area contributed by atoms with E-state index in [1.54, 1.807) is 20.3 Å². The summed E-state index contributed by atoms with van der Waals surface area (Å²) < 4.78 is 33.9. The zero-order valence-electron chi connectivity index (χ0n) is 15.6. The van der Waals surface area contributed by atoms with Gasteiger partial charge in [-0.25, -0.2) is 0 Å². The summed E-state index contributed by atoms with van der Waals surface area (Å²) in [6, 6.07) is 7.73. The molecule has 0 bridgehead atoms. The van der Waals surface area contributed by atoms with Crippen molar-refractivity contribution in [3.63, 3.8) is 0 Å². The van der Waals surface area contributed by atoms with E-state index in [2.05, 4.69) is 13.5 Å². The quantitative estimate of drug-likeness (QED) is 0.709. The standard InChI is InChI=1S/C21H22O6/c1-5-6-24-17-10-15-14(9-16(17)22-3)12(2)20(27-15)13-7-18(23-4)21-19(8-13)25-11-26-21/h5,7-10,12,20H,1,6,11H2,2-4H3/t12-,20+/m0/s1. The van der Waals surface area contributed by atoms with Crippen LogP contribution in [0.3, 0.4) is 0 Å². The molecule has 0 aliphatic carbocycles. The molecule has 0 fully saturated rings. The van der Waals surface area contributed by atoms with Crippen LogP contribution in [-0.2, 0) is 0 Å². The van der Waals surface area contributed by atoms with E-state index in [-0.39, 0.29) is 18.8 Å². The molecule has 6 nitrogen and oxygen atoms in total. The lowest BCUT2D eigenvalue weighted by Crippen LogP contribution is -2.07. The number of rotatable bonds is 6. The summed E-state index contributed by atoms with van der Waals surface area (Å²) >= 11 is 0. The molecule has 2 heterocycles. The Balaban J connectivity index is 1.69. The molecule has 2 aromatic rings. The molecule has 2 aliphatic heterocycles. The van der Waals surface area contributed by atoms with E-state index < -0.39 is 0 Å². The highest BCUT2D eigenvalue weighted by Crippen LogP contribution is 2.52. The molecule has 2 atom stereocenters. The maximum Gasteiger partial charge on any atom is 0.231 e. The Hall–Kier alpha value is -3.02. The first-order valence-corrected chi connectivity index (χ1v) is 8.76. The fraction of sp³-hybridized carbons (Fsp3) is 0.333. The molecule has 27 heavy (non-hydrogen) atoms. The zero-order valence-corrected chi connectivity index (χ0v) is 15.6. The van der Waals surface area contributed by atoms with Crippen molar-refractivity contribution in [3.05, 3.63) is 48.0 Å². The predicted molar refractivity (Wildman–Crippen MR) is 99.6 cm³/mol. The average Bonchev–Trinajstić information content (AvgIpc) is 3.29. The lowest BCUT2D eigenvalue weighted by molar-refractivity contribution is 0.171. The smallest absolute Gasteiger partial charge is 0.231 e. The van der Waals surface area contributed by atoms with Crippen LogP contribution in [0.4, 0.5) is 0 Å². The van der Waals surface area contributed by atoms with Crippen molar-refractivity contribution in [1.29, 1.82) is 0 Å². The van der Waals surface area contributed by atoms with E-state index in [1.165, 1.54) is 0 Å². The van der Waals surface area contributed by atoms with Gasteiger partial charge in [0, 0.05) is 23.1 Å². The topological polar surface area (TPSA) is 55.4 Å². The highest BCUT2D eigenvalue weighted by atomic mass is 16.7. The third-order valence-electron chi connectivity index (χ3n) is 4.86. The Morgan fingerprint density at radius 3 is 2.59 bits per heavy atom. The number of hydrogen-bond acceptors (Lipinski definition) is 6. The number of ether oxygens (including phenoxy) is 6. The van der Waals surface area contributed by atoms with Crippen molar-refractivity contribution >= 4 is 0 Å². The van der Waals surface area contributed by atoms with Crippen molar-refractivity contribution in [2.75, 3.05) is 27.6 Å². The van der Waals surface area contributed by atoms with Crippen LogP contribution in [0.15, 0.2) is 36.9 Å². The third kappa shape index (κ3) is 2.91. The first kappa shape index (κ1) is 17.4. The molecular weight excluding hydrogens is 348 g/mol. The first-order valence-electron chi connectivity index (χ1n) is 8.76. The number of hydrogen-bond donors (Lipinski definition) is 0. The van der Waals surface area contributed by atoms with Crippen LogP contribution in [0, 0.1) is 0 Å². The molecular formula is C21H22O6. The van der Waals surface area contributed by atoms with E-state index in [9.17, 15) is 0 Å². The summed E-state index contributed by atoms with van der Waals surface area (Å²) in [7, 11) is 3.24. The molecule has 0 amide bonds. The van der Waals surface area contributed by atoms with Crippen LogP contribution in [0.5, 0.6) is 34.5 Å². The fourth-order valence-corrected chi connectivity index (χ4v) is 3.51. The fourth-order valence-electron chi connectivity index (χ4n) is 3.51. The molecule has 0 radical (unpaired) electrons. The monoisotopic (exact) mass is 370 g/mol.